The maximum atomic E-state index is 12.2. The predicted octanol–water partition coefficient (Wildman–Crippen LogP) is 3.87. The zero-order valence-corrected chi connectivity index (χ0v) is 16.2. The Morgan fingerprint density at radius 1 is 1.32 bits per heavy atom. The maximum absolute atomic E-state index is 12.2. The van der Waals surface area contributed by atoms with Gasteiger partial charge in [0.1, 0.15) is 6.33 Å². The van der Waals surface area contributed by atoms with Crippen molar-refractivity contribution in [1.29, 1.82) is 0 Å². The molecule has 25 heavy (non-hydrogen) atoms. The molecule has 6 nitrogen and oxygen atoms in total. The Morgan fingerprint density at radius 2 is 2.12 bits per heavy atom. The van der Waals surface area contributed by atoms with Gasteiger partial charge in [0, 0.05) is 25.1 Å². The number of carbonyl (C=O) groups is 1. The monoisotopic (exact) mass is 373 g/mol. The zero-order chi connectivity index (χ0) is 18.0. The van der Waals surface area contributed by atoms with Crippen molar-refractivity contribution in [3.8, 4) is 0 Å². The molecule has 0 unspecified atom stereocenters. The number of thioether (sulfide) groups is 1. The van der Waals surface area contributed by atoms with Gasteiger partial charge in [-0.2, -0.15) is 0 Å². The summed E-state index contributed by atoms with van der Waals surface area (Å²) in [5.74, 6) is 0.631. The Labute approximate surface area is 154 Å². The lowest BCUT2D eigenvalue weighted by atomic mass is 10.1. The summed E-state index contributed by atoms with van der Waals surface area (Å²) in [5, 5.41) is 11.4. The Bertz CT molecular complexity index is 902. The van der Waals surface area contributed by atoms with E-state index in [2.05, 4.69) is 22.1 Å². The van der Waals surface area contributed by atoms with Gasteiger partial charge >= 0.3 is 0 Å². The van der Waals surface area contributed by atoms with E-state index in [0.717, 1.165) is 22.1 Å². The number of benzene rings is 1. The third-order valence-electron chi connectivity index (χ3n) is 3.81. The average Bonchev–Trinajstić information content (AvgIpc) is 3.18. The molecule has 0 N–H and O–H groups in total. The highest BCUT2D eigenvalue weighted by Crippen LogP contribution is 2.31. The van der Waals surface area contributed by atoms with Crippen molar-refractivity contribution in [2.24, 2.45) is 7.05 Å². The first-order valence-corrected chi connectivity index (χ1v) is 9.61. The van der Waals surface area contributed by atoms with E-state index in [1.165, 1.54) is 16.9 Å². The molecule has 0 aliphatic rings. The second kappa shape index (κ2) is 7.37. The van der Waals surface area contributed by atoms with E-state index in [-0.39, 0.29) is 5.91 Å². The molecular weight excluding hydrogens is 354 g/mol. The predicted molar refractivity (Wildman–Crippen MR) is 101 cm³/mol. The van der Waals surface area contributed by atoms with Crippen LogP contribution in [0.25, 0.3) is 0 Å². The van der Waals surface area contributed by atoms with Crippen LogP contribution >= 0.6 is 23.1 Å². The van der Waals surface area contributed by atoms with Gasteiger partial charge in [-0.1, -0.05) is 17.8 Å². The lowest BCUT2D eigenvalue weighted by Gasteiger charge is -2.19. The second-order valence-electron chi connectivity index (χ2n) is 5.76. The maximum Gasteiger partial charge on any atom is 0.230 e. The summed E-state index contributed by atoms with van der Waals surface area (Å²) in [4.78, 5) is 18.5. The van der Waals surface area contributed by atoms with Crippen molar-refractivity contribution in [3.05, 3.63) is 46.7 Å². The zero-order valence-electron chi connectivity index (χ0n) is 14.6. The summed E-state index contributed by atoms with van der Waals surface area (Å²) in [6.45, 7) is 5.66. The average molecular weight is 374 g/mol. The number of hydrogen-bond acceptors (Lipinski definition) is 6. The Morgan fingerprint density at radius 3 is 2.76 bits per heavy atom. The number of rotatable bonds is 5. The van der Waals surface area contributed by atoms with E-state index in [0.29, 0.717) is 10.9 Å². The van der Waals surface area contributed by atoms with E-state index in [4.69, 9.17) is 0 Å². The fourth-order valence-corrected chi connectivity index (χ4v) is 4.07. The van der Waals surface area contributed by atoms with Crippen molar-refractivity contribution in [1.82, 2.24) is 19.7 Å². The molecule has 0 aliphatic heterocycles. The number of nitrogens with zero attached hydrogens (tertiary/aromatic N) is 5. The molecular formula is C17H19N5OS2. The van der Waals surface area contributed by atoms with Crippen LogP contribution < -0.4 is 4.90 Å². The van der Waals surface area contributed by atoms with Crippen LogP contribution in [0.5, 0.6) is 0 Å². The molecule has 2 aromatic heterocycles. The molecule has 0 saturated heterocycles. The highest BCUT2D eigenvalue weighted by molar-refractivity contribution is 7.98. The normalized spacial score (nSPS) is 10.9. The van der Waals surface area contributed by atoms with Gasteiger partial charge in [-0.15, -0.1) is 21.5 Å². The molecule has 3 aromatic rings. The minimum absolute atomic E-state index is 0.0508. The van der Waals surface area contributed by atoms with Crippen LogP contribution in [0.15, 0.2) is 35.1 Å². The molecule has 1 aromatic carbocycles. The highest BCUT2D eigenvalue weighted by atomic mass is 32.2. The van der Waals surface area contributed by atoms with Crippen LogP contribution in [0.4, 0.5) is 10.8 Å². The molecule has 2 heterocycles. The number of anilines is 2. The van der Waals surface area contributed by atoms with Gasteiger partial charge in [-0.25, -0.2) is 4.98 Å². The quantitative estimate of drug-likeness (QED) is 0.635. The molecule has 0 bridgehead atoms. The first kappa shape index (κ1) is 17.6. The van der Waals surface area contributed by atoms with Gasteiger partial charge in [-0.05, 0) is 37.1 Å². The number of thiazole rings is 1. The summed E-state index contributed by atoms with van der Waals surface area (Å²) >= 11 is 3.04. The van der Waals surface area contributed by atoms with Gasteiger partial charge < -0.3 is 4.57 Å². The van der Waals surface area contributed by atoms with E-state index in [9.17, 15) is 4.79 Å². The van der Waals surface area contributed by atoms with Crippen LogP contribution in [0.2, 0.25) is 0 Å². The number of hydrogen-bond donors (Lipinski definition) is 0. The molecule has 0 radical (unpaired) electrons. The number of aromatic nitrogens is 4. The summed E-state index contributed by atoms with van der Waals surface area (Å²) in [7, 11) is 1.91. The SMILES string of the molecule is CC(=O)N(c1ccc(C)c(C)c1)c1nc(CSc2nncn2C)cs1. The van der Waals surface area contributed by atoms with E-state index in [1.54, 1.807) is 29.9 Å². The summed E-state index contributed by atoms with van der Waals surface area (Å²) in [6.07, 6.45) is 1.67. The minimum Gasteiger partial charge on any atom is -0.312 e. The largest absolute Gasteiger partial charge is 0.312 e. The van der Waals surface area contributed by atoms with Crippen LogP contribution in [0.1, 0.15) is 23.7 Å². The molecule has 0 saturated carbocycles. The summed E-state index contributed by atoms with van der Waals surface area (Å²) in [6, 6.07) is 6.00. The van der Waals surface area contributed by atoms with Gasteiger partial charge in [0.2, 0.25) is 5.91 Å². The van der Waals surface area contributed by atoms with Gasteiger partial charge in [0.25, 0.3) is 0 Å². The van der Waals surface area contributed by atoms with Crippen LogP contribution in [0, 0.1) is 13.8 Å². The van der Waals surface area contributed by atoms with Crippen molar-refractivity contribution < 1.29 is 4.79 Å². The van der Waals surface area contributed by atoms with Crippen LogP contribution in [0.3, 0.4) is 0 Å². The molecule has 0 atom stereocenters. The fraction of sp³-hybridized carbons (Fsp3) is 0.294. The topological polar surface area (TPSA) is 63.9 Å². The van der Waals surface area contributed by atoms with E-state index >= 15 is 0 Å². The highest BCUT2D eigenvalue weighted by Gasteiger charge is 2.18. The number of carbonyl (C=O) groups excluding carboxylic acids is 1. The fourth-order valence-electron chi connectivity index (χ4n) is 2.30. The third kappa shape index (κ3) is 3.91. The minimum atomic E-state index is -0.0508. The van der Waals surface area contributed by atoms with E-state index < -0.39 is 0 Å². The Hall–Kier alpha value is -2.19. The molecule has 130 valence electrons. The second-order valence-corrected chi connectivity index (χ2v) is 7.54. The summed E-state index contributed by atoms with van der Waals surface area (Å²) < 4.78 is 1.87. The first-order valence-electron chi connectivity index (χ1n) is 7.75. The van der Waals surface area contributed by atoms with Crippen molar-refractivity contribution in [2.75, 3.05) is 4.90 Å². The van der Waals surface area contributed by atoms with Crippen molar-refractivity contribution >= 4 is 39.8 Å². The molecule has 0 aliphatic carbocycles. The third-order valence-corrected chi connectivity index (χ3v) is 5.76. The van der Waals surface area contributed by atoms with Crippen LogP contribution in [-0.4, -0.2) is 25.7 Å². The Balaban J connectivity index is 1.81. The molecule has 8 heteroatoms. The lowest BCUT2D eigenvalue weighted by Crippen LogP contribution is -2.22. The summed E-state index contributed by atoms with van der Waals surface area (Å²) in [5.41, 5.74) is 4.12. The van der Waals surface area contributed by atoms with Gasteiger partial charge in [0.15, 0.2) is 10.3 Å². The number of aryl methyl sites for hydroxylation is 3. The van der Waals surface area contributed by atoms with Gasteiger partial charge in [0.05, 0.1) is 11.4 Å². The molecule has 3 rings (SSSR count). The molecule has 0 fully saturated rings. The first-order chi connectivity index (χ1) is 12.0. The van der Waals surface area contributed by atoms with E-state index in [1.807, 2.05) is 42.1 Å². The number of amides is 1. The smallest absolute Gasteiger partial charge is 0.230 e. The van der Waals surface area contributed by atoms with Crippen molar-refractivity contribution in [2.45, 2.75) is 31.7 Å². The molecule has 0 spiro atoms. The Kier molecular flexibility index (Phi) is 5.19. The molecule has 1 amide bonds. The van der Waals surface area contributed by atoms with Crippen molar-refractivity contribution in [3.63, 3.8) is 0 Å². The van der Waals surface area contributed by atoms with Crippen LogP contribution in [-0.2, 0) is 17.6 Å². The lowest BCUT2D eigenvalue weighted by molar-refractivity contribution is -0.115. The standard InChI is InChI=1S/C17H19N5OS2/c1-11-5-6-15(7-12(11)2)22(13(3)23)16-19-14(8-24-16)9-25-17-20-18-10-21(17)4/h5-8,10H,9H2,1-4H3. The van der Waals surface area contributed by atoms with Gasteiger partial charge in [-0.3, -0.25) is 9.69 Å².